The Morgan fingerprint density at radius 2 is 1.50 bits per heavy atom. The fraction of sp³-hybridized carbons (Fsp3) is 0.833. The molecule has 0 rings (SSSR count). The van der Waals surface area contributed by atoms with E-state index in [0.717, 1.165) is 0 Å². The second-order valence-corrected chi connectivity index (χ2v) is 3.92. The Hall–Kier alpha value is -0.780. The van der Waals surface area contributed by atoms with Crippen LogP contribution in [0, 0.1) is 5.92 Å². The van der Waals surface area contributed by atoms with Crippen LogP contribution in [0.15, 0.2) is 0 Å². The van der Waals surface area contributed by atoms with Gasteiger partial charge >= 0.3 is 16.4 Å². The molecule has 0 aliphatic rings. The molecule has 0 heterocycles. The minimum Gasteiger partial charge on any atom is -0.480 e. The highest BCUT2D eigenvalue weighted by Gasteiger charge is 2.11. The second-order valence-electron chi connectivity index (χ2n) is 3.02. The van der Waals surface area contributed by atoms with Crippen molar-refractivity contribution in [3.63, 3.8) is 0 Å². The van der Waals surface area contributed by atoms with Gasteiger partial charge in [-0.3, -0.25) is 13.9 Å². The van der Waals surface area contributed by atoms with Gasteiger partial charge in [0, 0.05) is 0 Å². The lowest BCUT2D eigenvalue weighted by Gasteiger charge is -2.07. The van der Waals surface area contributed by atoms with Gasteiger partial charge in [0.1, 0.15) is 6.04 Å². The zero-order chi connectivity index (χ0) is 11.9. The summed E-state index contributed by atoms with van der Waals surface area (Å²) >= 11 is 0. The Bertz CT molecular complexity index is 257. The van der Waals surface area contributed by atoms with Crippen molar-refractivity contribution in [2.24, 2.45) is 11.7 Å². The van der Waals surface area contributed by atoms with Crippen LogP contribution < -0.4 is 18.0 Å². The van der Waals surface area contributed by atoms with Gasteiger partial charge in [0.15, 0.2) is 0 Å². The molecule has 0 aromatic heterocycles. The van der Waals surface area contributed by atoms with Gasteiger partial charge in [-0.05, 0) is 12.3 Å². The second kappa shape index (κ2) is 10.7. The van der Waals surface area contributed by atoms with Crippen LogP contribution >= 0.6 is 0 Å². The molecule has 11 N–H and O–H groups in total. The van der Waals surface area contributed by atoms with Crippen LogP contribution in [-0.4, -0.2) is 34.6 Å². The summed E-state index contributed by atoms with van der Waals surface area (Å²) in [5.41, 5.74) is 5.22. The number of nitrogens with two attached hydrogens (primary N) is 1. The van der Waals surface area contributed by atoms with E-state index in [2.05, 4.69) is 0 Å². The molecule has 0 aliphatic heterocycles. The topological polar surface area (TPSA) is 208 Å². The molecule has 0 amide bonds. The summed E-state index contributed by atoms with van der Waals surface area (Å²) in [7, 11) is -4.67. The van der Waals surface area contributed by atoms with Gasteiger partial charge in [0.2, 0.25) is 0 Å². The molecule has 16 heavy (non-hydrogen) atoms. The number of aliphatic carboxylic acids is 1. The third-order valence-corrected chi connectivity index (χ3v) is 1.04. The Balaban J connectivity index is -0.0000000904. The van der Waals surface area contributed by atoms with Crippen LogP contribution in [0.3, 0.4) is 0 Å². The van der Waals surface area contributed by atoms with E-state index in [1.807, 2.05) is 13.8 Å². The molecule has 1 unspecified atom stereocenters. The number of rotatable bonds is 3. The lowest BCUT2D eigenvalue weighted by atomic mass is 10.1. The summed E-state index contributed by atoms with van der Waals surface area (Å²) in [6, 6.07) is -0.690. The van der Waals surface area contributed by atoms with Gasteiger partial charge < -0.3 is 23.1 Å². The third kappa shape index (κ3) is 37.9. The molecule has 0 aliphatic carbocycles. The first-order valence-corrected chi connectivity index (χ1v) is 5.12. The molecular weight excluding hydrogens is 242 g/mol. The fourth-order valence-corrected chi connectivity index (χ4v) is 0.609. The first kappa shape index (κ1) is 24.4. The molecule has 9 nitrogen and oxygen atoms in total. The molecule has 0 saturated carbocycles. The molecular formula is C6H21N3O6S. The van der Waals surface area contributed by atoms with Crippen LogP contribution in [0.5, 0.6) is 0 Å². The highest BCUT2D eigenvalue weighted by molar-refractivity contribution is 7.79. The Morgan fingerprint density at radius 3 is 1.56 bits per heavy atom. The van der Waals surface area contributed by atoms with Crippen molar-refractivity contribution in [2.45, 2.75) is 26.3 Å². The van der Waals surface area contributed by atoms with E-state index in [1.54, 1.807) is 0 Å². The Kier molecular flexibility index (Phi) is 16.4. The molecule has 102 valence electrons. The van der Waals surface area contributed by atoms with Gasteiger partial charge in [-0.2, -0.15) is 8.42 Å². The van der Waals surface area contributed by atoms with Gasteiger partial charge in [-0.15, -0.1) is 0 Å². The molecule has 0 fully saturated rings. The monoisotopic (exact) mass is 263 g/mol. The predicted octanol–water partition coefficient (Wildman–Crippen LogP) is 0.116. The minimum atomic E-state index is -4.67. The van der Waals surface area contributed by atoms with Crippen LogP contribution in [0.25, 0.3) is 0 Å². The number of carboxylic acid groups (broad SMARTS) is 1. The standard InChI is InChI=1S/C6H13NO2.2H3N.H2O4S/c1-4(2)3-5(7)6(8)9;;;1-5(2,3)4/h4-5H,3,7H2,1-2H3,(H,8,9);2*1H3;(H2,1,2,3,4). The summed E-state index contributed by atoms with van der Waals surface area (Å²) in [5.74, 6) is -0.556. The molecule has 0 radical (unpaired) electrons. The lowest BCUT2D eigenvalue weighted by Crippen LogP contribution is -2.31. The van der Waals surface area contributed by atoms with Crippen molar-refractivity contribution >= 4 is 16.4 Å². The van der Waals surface area contributed by atoms with Gasteiger partial charge in [0.25, 0.3) is 0 Å². The number of carboxylic acids is 1. The van der Waals surface area contributed by atoms with E-state index in [0.29, 0.717) is 12.3 Å². The van der Waals surface area contributed by atoms with Gasteiger partial charge in [-0.25, -0.2) is 0 Å². The smallest absolute Gasteiger partial charge is 0.394 e. The minimum absolute atomic E-state index is 0. The highest BCUT2D eigenvalue weighted by Crippen LogP contribution is 2.01. The van der Waals surface area contributed by atoms with Crippen LogP contribution in [-0.2, 0) is 15.2 Å². The summed E-state index contributed by atoms with van der Waals surface area (Å²) in [6.07, 6.45) is 0.551. The van der Waals surface area contributed by atoms with E-state index in [9.17, 15) is 4.79 Å². The molecule has 0 aromatic rings. The normalized spacial score (nSPS) is 11.4. The van der Waals surface area contributed by atoms with E-state index in [1.165, 1.54) is 0 Å². The summed E-state index contributed by atoms with van der Waals surface area (Å²) in [6.45, 7) is 3.89. The molecule has 1 atom stereocenters. The van der Waals surface area contributed by atoms with Gasteiger partial charge in [-0.1, -0.05) is 13.8 Å². The van der Waals surface area contributed by atoms with Crippen molar-refractivity contribution < 1.29 is 27.4 Å². The molecule has 0 spiro atoms. The van der Waals surface area contributed by atoms with Crippen molar-refractivity contribution in [2.75, 3.05) is 0 Å². The van der Waals surface area contributed by atoms with Crippen LogP contribution in [0.2, 0.25) is 0 Å². The maximum absolute atomic E-state index is 10.1. The first-order chi connectivity index (χ1) is 6.04. The predicted molar refractivity (Wildman–Crippen MR) is 59.3 cm³/mol. The van der Waals surface area contributed by atoms with Crippen molar-refractivity contribution in [1.29, 1.82) is 0 Å². The van der Waals surface area contributed by atoms with Crippen LogP contribution in [0.1, 0.15) is 20.3 Å². The Labute approximate surface area is 94.8 Å². The van der Waals surface area contributed by atoms with Crippen molar-refractivity contribution in [3.8, 4) is 0 Å². The Morgan fingerprint density at radius 1 is 1.25 bits per heavy atom. The van der Waals surface area contributed by atoms with E-state index < -0.39 is 22.4 Å². The van der Waals surface area contributed by atoms with E-state index in [4.69, 9.17) is 28.4 Å². The van der Waals surface area contributed by atoms with Crippen LogP contribution in [0.4, 0.5) is 0 Å². The van der Waals surface area contributed by atoms with Crippen molar-refractivity contribution in [3.05, 3.63) is 0 Å². The SMILES string of the molecule is CC(C)CC(N)C(=O)O.N.N.O=S(=O)(O)O. The third-order valence-electron chi connectivity index (χ3n) is 1.04. The molecule has 0 aromatic carbocycles. The van der Waals surface area contributed by atoms with E-state index >= 15 is 0 Å². The summed E-state index contributed by atoms with van der Waals surface area (Å²) in [4.78, 5) is 10.1. The van der Waals surface area contributed by atoms with Crippen molar-refractivity contribution in [1.82, 2.24) is 12.3 Å². The molecule has 0 saturated heterocycles. The summed E-state index contributed by atoms with van der Waals surface area (Å²) < 4.78 is 31.6. The zero-order valence-electron chi connectivity index (χ0n) is 9.33. The van der Waals surface area contributed by atoms with Gasteiger partial charge in [0.05, 0.1) is 0 Å². The first-order valence-electron chi connectivity index (χ1n) is 3.72. The largest absolute Gasteiger partial charge is 0.480 e. The average molecular weight is 263 g/mol. The highest BCUT2D eigenvalue weighted by atomic mass is 32.3. The average Bonchev–Trinajstić information content (AvgIpc) is 1.80. The maximum Gasteiger partial charge on any atom is 0.394 e. The fourth-order valence-electron chi connectivity index (χ4n) is 0.609. The maximum atomic E-state index is 10.1. The molecule has 10 heteroatoms. The lowest BCUT2D eigenvalue weighted by molar-refractivity contribution is -0.138. The van der Waals surface area contributed by atoms with E-state index in [-0.39, 0.29) is 12.3 Å². The quantitative estimate of drug-likeness (QED) is 0.381. The number of hydrogen-bond acceptors (Lipinski definition) is 6. The molecule has 0 bridgehead atoms. The summed E-state index contributed by atoms with van der Waals surface area (Å²) in [5, 5.41) is 8.31. The number of hydrogen-bond donors (Lipinski definition) is 6. The zero-order valence-corrected chi connectivity index (χ0v) is 10.1. The number of carbonyl (C=O) groups is 1.